The van der Waals surface area contributed by atoms with Crippen molar-refractivity contribution >= 4 is 17.8 Å². The molecule has 0 aliphatic carbocycles. The lowest BCUT2D eigenvalue weighted by Gasteiger charge is -2.16. The molecule has 31 heavy (non-hydrogen) atoms. The van der Waals surface area contributed by atoms with Crippen LogP contribution in [0, 0.1) is 0 Å². The number of benzene rings is 1. The van der Waals surface area contributed by atoms with E-state index >= 15 is 0 Å². The van der Waals surface area contributed by atoms with Gasteiger partial charge in [-0.15, -0.1) is 0 Å². The fourth-order valence-electron chi connectivity index (χ4n) is 3.26. The first-order valence-corrected chi connectivity index (χ1v) is 9.65. The van der Waals surface area contributed by atoms with Gasteiger partial charge in [0.2, 0.25) is 0 Å². The lowest BCUT2D eigenvalue weighted by molar-refractivity contribution is -0.130. The van der Waals surface area contributed by atoms with E-state index in [0.29, 0.717) is 17.9 Å². The maximum absolute atomic E-state index is 12.7. The number of amides is 4. The molecule has 0 radical (unpaired) electrons. The molecule has 4 amide bonds. The second-order valence-corrected chi connectivity index (χ2v) is 7.66. The van der Waals surface area contributed by atoms with Gasteiger partial charge in [-0.1, -0.05) is 24.3 Å². The minimum atomic E-state index is -0.890. The fraction of sp³-hybridized carbons (Fsp3) is 0.238. The number of carbonyl (C=O) groups is 3. The first-order chi connectivity index (χ1) is 14.8. The summed E-state index contributed by atoms with van der Waals surface area (Å²) in [4.78, 5) is 46.3. The Bertz CT molecular complexity index is 1120. The monoisotopic (exact) mass is 419 g/mol. The van der Waals surface area contributed by atoms with Gasteiger partial charge in [-0.25, -0.2) is 19.4 Å². The van der Waals surface area contributed by atoms with Gasteiger partial charge in [-0.2, -0.15) is 5.10 Å². The molecule has 0 spiro atoms. The number of imide groups is 1. The Morgan fingerprint density at radius 3 is 2.52 bits per heavy atom. The molecule has 3 heterocycles. The molecule has 2 aromatic heterocycles. The Labute approximate surface area is 178 Å². The van der Waals surface area contributed by atoms with Crippen molar-refractivity contribution in [3.8, 4) is 5.82 Å². The van der Waals surface area contributed by atoms with Crippen LogP contribution < -0.4 is 10.6 Å². The van der Waals surface area contributed by atoms with E-state index in [1.807, 2.05) is 24.3 Å². The molecular weight excluding hydrogens is 398 g/mol. The standard InChI is InChI=1S/C21H21N7O3/c1-21(2)19(30)27(20(31)26-21)11-15-7-5-14(6-8-15)10-24-18(29)16-4-3-9-23-17(16)28-13-22-12-25-28/h3-9,12-13H,10-11H2,1-2H3,(H,24,29)(H,26,31). The SMILES string of the molecule is CC1(C)NC(=O)N(Cc2ccc(CNC(=O)c3cccnc3-n3cncn3)cc2)C1=O. The molecule has 1 fully saturated rings. The number of nitrogens with one attached hydrogen (secondary N) is 2. The highest BCUT2D eigenvalue weighted by atomic mass is 16.2. The summed E-state index contributed by atoms with van der Waals surface area (Å²) in [6.45, 7) is 3.85. The van der Waals surface area contributed by atoms with Crippen molar-refractivity contribution < 1.29 is 14.4 Å². The van der Waals surface area contributed by atoms with Crippen LogP contribution in [0.5, 0.6) is 0 Å². The zero-order valence-electron chi connectivity index (χ0n) is 17.1. The van der Waals surface area contributed by atoms with Crippen LogP contribution in [0.1, 0.15) is 35.3 Å². The summed E-state index contributed by atoms with van der Waals surface area (Å²) in [5.41, 5.74) is 1.18. The summed E-state index contributed by atoms with van der Waals surface area (Å²) >= 11 is 0. The highest BCUT2D eigenvalue weighted by molar-refractivity contribution is 6.06. The third-order valence-electron chi connectivity index (χ3n) is 4.93. The third kappa shape index (κ3) is 4.13. The average molecular weight is 419 g/mol. The quantitative estimate of drug-likeness (QED) is 0.583. The van der Waals surface area contributed by atoms with Gasteiger partial charge in [-0.3, -0.25) is 14.5 Å². The van der Waals surface area contributed by atoms with Crippen molar-refractivity contribution in [3.63, 3.8) is 0 Å². The minimum Gasteiger partial charge on any atom is -0.348 e. The molecule has 0 saturated carbocycles. The number of rotatable bonds is 6. The van der Waals surface area contributed by atoms with Crippen LogP contribution in [0.25, 0.3) is 5.82 Å². The Morgan fingerprint density at radius 1 is 1.13 bits per heavy atom. The molecule has 10 nitrogen and oxygen atoms in total. The van der Waals surface area contributed by atoms with Crippen LogP contribution in [-0.2, 0) is 17.9 Å². The number of carbonyl (C=O) groups excluding carboxylic acids is 3. The van der Waals surface area contributed by atoms with Gasteiger partial charge in [0, 0.05) is 12.7 Å². The topological polar surface area (TPSA) is 122 Å². The summed E-state index contributed by atoms with van der Waals surface area (Å²) < 4.78 is 1.43. The van der Waals surface area contributed by atoms with E-state index in [1.165, 1.54) is 22.2 Å². The maximum Gasteiger partial charge on any atom is 0.325 e. The molecule has 1 aliphatic heterocycles. The molecule has 3 aromatic rings. The summed E-state index contributed by atoms with van der Waals surface area (Å²) in [6, 6.07) is 10.3. The van der Waals surface area contributed by atoms with Crippen LogP contribution in [0.3, 0.4) is 0 Å². The molecule has 0 atom stereocenters. The van der Waals surface area contributed by atoms with Gasteiger partial charge in [0.1, 0.15) is 18.2 Å². The number of nitrogens with zero attached hydrogens (tertiary/aromatic N) is 5. The zero-order chi connectivity index (χ0) is 22.0. The summed E-state index contributed by atoms with van der Waals surface area (Å²) in [5.74, 6) is -0.151. The Morgan fingerprint density at radius 2 is 1.87 bits per heavy atom. The fourth-order valence-corrected chi connectivity index (χ4v) is 3.26. The van der Waals surface area contributed by atoms with Crippen molar-refractivity contribution in [2.24, 2.45) is 0 Å². The van der Waals surface area contributed by atoms with E-state index in [4.69, 9.17) is 0 Å². The molecule has 2 N–H and O–H groups in total. The number of urea groups is 1. The van der Waals surface area contributed by atoms with E-state index < -0.39 is 11.6 Å². The summed E-state index contributed by atoms with van der Waals surface area (Å²) in [6.07, 6.45) is 4.43. The lowest BCUT2D eigenvalue weighted by atomic mass is 10.1. The van der Waals surface area contributed by atoms with Gasteiger partial charge in [0.25, 0.3) is 11.8 Å². The highest BCUT2D eigenvalue weighted by Crippen LogP contribution is 2.19. The molecule has 1 saturated heterocycles. The van der Waals surface area contributed by atoms with Crippen molar-refractivity contribution in [2.75, 3.05) is 0 Å². The smallest absolute Gasteiger partial charge is 0.325 e. The van der Waals surface area contributed by atoms with E-state index in [9.17, 15) is 14.4 Å². The first-order valence-electron chi connectivity index (χ1n) is 9.65. The summed E-state index contributed by atoms with van der Waals surface area (Å²) in [5, 5.41) is 9.55. The predicted octanol–water partition coefficient (Wildman–Crippen LogP) is 1.42. The van der Waals surface area contributed by atoms with Crippen LogP contribution in [0.15, 0.2) is 55.2 Å². The maximum atomic E-state index is 12.7. The lowest BCUT2D eigenvalue weighted by Crippen LogP contribution is -2.40. The second-order valence-electron chi connectivity index (χ2n) is 7.66. The van der Waals surface area contributed by atoms with E-state index in [-0.39, 0.29) is 18.4 Å². The van der Waals surface area contributed by atoms with Gasteiger partial charge in [-0.05, 0) is 37.1 Å². The Kier molecular flexibility index (Phi) is 5.20. The molecule has 1 aromatic carbocycles. The number of pyridine rings is 1. The number of aromatic nitrogens is 4. The third-order valence-corrected chi connectivity index (χ3v) is 4.93. The van der Waals surface area contributed by atoms with Crippen LogP contribution in [0.4, 0.5) is 4.79 Å². The van der Waals surface area contributed by atoms with Gasteiger partial charge in [0.05, 0.1) is 12.1 Å². The summed E-state index contributed by atoms with van der Waals surface area (Å²) in [7, 11) is 0. The van der Waals surface area contributed by atoms with Crippen molar-refractivity contribution in [1.82, 2.24) is 35.3 Å². The minimum absolute atomic E-state index is 0.192. The predicted molar refractivity (Wildman–Crippen MR) is 110 cm³/mol. The van der Waals surface area contributed by atoms with Crippen LogP contribution in [-0.4, -0.2) is 48.0 Å². The second kappa shape index (κ2) is 7.98. The van der Waals surface area contributed by atoms with Gasteiger partial charge >= 0.3 is 6.03 Å². The molecule has 10 heteroatoms. The van der Waals surface area contributed by atoms with Crippen LogP contribution in [0.2, 0.25) is 0 Å². The average Bonchev–Trinajstić information content (AvgIpc) is 3.36. The van der Waals surface area contributed by atoms with Crippen molar-refractivity contribution in [3.05, 3.63) is 71.9 Å². The normalized spacial score (nSPS) is 15.1. The molecule has 0 unspecified atom stereocenters. The molecular formula is C21H21N7O3. The van der Waals surface area contributed by atoms with E-state index in [0.717, 1.165) is 11.1 Å². The Balaban J connectivity index is 1.39. The van der Waals surface area contributed by atoms with E-state index in [1.54, 1.807) is 32.2 Å². The molecule has 4 rings (SSSR count). The highest BCUT2D eigenvalue weighted by Gasteiger charge is 2.43. The van der Waals surface area contributed by atoms with Crippen LogP contribution >= 0.6 is 0 Å². The molecule has 158 valence electrons. The zero-order valence-corrected chi connectivity index (χ0v) is 17.1. The largest absolute Gasteiger partial charge is 0.348 e. The van der Waals surface area contributed by atoms with Crippen molar-refractivity contribution in [1.29, 1.82) is 0 Å². The van der Waals surface area contributed by atoms with Crippen molar-refractivity contribution in [2.45, 2.75) is 32.5 Å². The first kappa shape index (κ1) is 20.2. The Hall–Kier alpha value is -4.08. The number of hydrogen-bond donors (Lipinski definition) is 2. The van der Waals surface area contributed by atoms with Gasteiger partial charge in [0.15, 0.2) is 5.82 Å². The van der Waals surface area contributed by atoms with Gasteiger partial charge < -0.3 is 10.6 Å². The number of hydrogen-bond acceptors (Lipinski definition) is 6. The molecule has 0 bridgehead atoms. The van der Waals surface area contributed by atoms with E-state index in [2.05, 4.69) is 25.7 Å². The molecule has 1 aliphatic rings.